The van der Waals surface area contributed by atoms with Gasteiger partial charge < -0.3 is 10.2 Å². The number of aliphatic carboxylic acids is 1. The van der Waals surface area contributed by atoms with Crippen molar-refractivity contribution >= 4 is 21.9 Å². The SMILES string of the molecule is CC(=O)O.CCCCCC(O)Br. The van der Waals surface area contributed by atoms with Crippen LogP contribution in [0.25, 0.3) is 0 Å². The van der Waals surface area contributed by atoms with E-state index in [0.29, 0.717) is 0 Å². The van der Waals surface area contributed by atoms with Gasteiger partial charge in [-0.05, 0) is 6.42 Å². The minimum Gasteiger partial charge on any atom is -0.481 e. The molecule has 0 bridgehead atoms. The number of aliphatic hydroxyl groups excluding tert-OH is 1. The zero-order valence-electron chi connectivity index (χ0n) is 7.59. The highest BCUT2D eigenvalue weighted by molar-refractivity contribution is 9.09. The molecular weight excluding hydrogens is 224 g/mol. The smallest absolute Gasteiger partial charge is 0.300 e. The van der Waals surface area contributed by atoms with Crippen molar-refractivity contribution in [2.45, 2.75) is 44.5 Å². The molecule has 74 valence electrons. The second-order valence-electron chi connectivity index (χ2n) is 2.45. The Morgan fingerprint density at radius 2 is 1.92 bits per heavy atom. The van der Waals surface area contributed by atoms with E-state index in [4.69, 9.17) is 15.0 Å². The van der Waals surface area contributed by atoms with Crippen LogP contribution < -0.4 is 0 Å². The fourth-order valence-corrected chi connectivity index (χ4v) is 0.887. The summed E-state index contributed by atoms with van der Waals surface area (Å²) in [7, 11) is 0. The van der Waals surface area contributed by atoms with E-state index >= 15 is 0 Å². The third-order valence-corrected chi connectivity index (χ3v) is 1.50. The highest BCUT2D eigenvalue weighted by Crippen LogP contribution is 2.06. The molecule has 0 fully saturated rings. The van der Waals surface area contributed by atoms with Crippen molar-refractivity contribution < 1.29 is 15.0 Å². The van der Waals surface area contributed by atoms with Crippen LogP contribution in [0.15, 0.2) is 0 Å². The minimum absolute atomic E-state index is 0.283. The van der Waals surface area contributed by atoms with Gasteiger partial charge in [0, 0.05) is 6.92 Å². The van der Waals surface area contributed by atoms with Crippen molar-refractivity contribution in [1.29, 1.82) is 0 Å². The van der Waals surface area contributed by atoms with E-state index in [1.807, 2.05) is 0 Å². The second kappa shape index (κ2) is 10.9. The molecular formula is C8H17BrO3. The number of unbranched alkanes of at least 4 members (excludes halogenated alkanes) is 2. The minimum atomic E-state index is -0.833. The normalized spacial score (nSPS) is 11.3. The van der Waals surface area contributed by atoms with Crippen molar-refractivity contribution in [3.63, 3.8) is 0 Å². The molecule has 3 nitrogen and oxygen atoms in total. The van der Waals surface area contributed by atoms with E-state index in [9.17, 15) is 0 Å². The first-order valence-electron chi connectivity index (χ1n) is 4.02. The zero-order chi connectivity index (χ0) is 9.98. The summed E-state index contributed by atoms with van der Waals surface area (Å²) in [6.07, 6.45) is 4.46. The summed E-state index contributed by atoms with van der Waals surface area (Å²) >= 11 is 3.06. The van der Waals surface area contributed by atoms with Gasteiger partial charge in [0.15, 0.2) is 0 Å². The fourth-order valence-electron chi connectivity index (χ4n) is 0.563. The van der Waals surface area contributed by atoms with Gasteiger partial charge in [0.1, 0.15) is 5.01 Å². The highest BCUT2D eigenvalue weighted by atomic mass is 79.9. The highest BCUT2D eigenvalue weighted by Gasteiger charge is 1.93. The third kappa shape index (κ3) is 32.6. The van der Waals surface area contributed by atoms with Crippen LogP contribution in [0.3, 0.4) is 0 Å². The number of carbonyl (C=O) groups is 1. The lowest BCUT2D eigenvalue weighted by atomic mass is 10.2. The number of alkyl halides is 1. The lowest BCUT2D eigenvalue weighted by molar-refractivity contribution is -0.134. The summed E-state index contributed by atoms with van der Waals surface area (Å²) in [6, 6.07) is 0. The molecule has 0 spiro atoms. The predicted molar refractivity (Wildman–Crippen MR) is 52.4 cm³/mol. The van der Waals surface area contributed by atoms with Crippen molar-refractivity contribution in [2.24, 2.45) is 0 Å². The maximum Gasteiger partial charge on any atom is 0.300 e. The van der Waals surface area contributed by atoms with Crippen molar-refractivity contribution in [1.82, 2.24) is 0 Å². The number of rotatable bonds is 4. The molecule has 0 saturated heterocycles. The Hall–Kier alpha value is -0.0900. The number of hydrogen-bond donors (Lipinski definition) is 2. The first kappa shape index (κ1) is 14.4. The molecule has 0 radical (unpaired) electrons. The van der Waals surface area contributed by atoms with Gasteiger partial charge in [-0.25, -0.2) is 0 Å². The van der Waals surface area contributed by atoms with Crippen LogP contribution in [0.2, 0.25) is 0 Å². The average Bonchev–Trinajstić information content (AvgIpc) is 1.86. The molecule has 0 aromatic rings. The Balaban J connectivity index is 0. The van der Waals surface area contributed by atoms with Crippen molar-refractivity contribution in [3.8, 4) is 0 Å². The van der Waals surface area contributed by atoms with Gasteiger partial charge in [-0.15, -0.1) is 0 Å². The fraction of sp³-hybridized carbons (Fsp3) is 0.875. The van der Waals surface area contributed by atoms with E-state index in [-0.39, 0.29) is 5.01 Å². The Morgan fingerprint density at radius 1 is 1.50 bits per heavy atom. The van der Waals surface area contributed by atoms with E-state index in [1.165, 1.54) is 12.8 Å². The number of halogens is 1. The average molecular weight is 241 g/mol. The van der Waals surface area contributed by atoms with Crippen LogP contribution in [0, 0.1) is 0 Å². The van der Waals surface area contributed by atoms with Crippen LogP contribution >= 0.6 is 15.9 Å². The van der Waals surface area contributed by atoms with Gasteiger partial charge in [0.25, 0.3) is 5.97 Å². The van der Waals surface area contributed by atoms with Gasteiger partial charge in [-0.2, -0.15) is 0 Å². The molecule has 4 heteroatoms. The van der Waals surface area contributed by atoms with Crippen LogP contribution in [-0.4, -0.2) is 21.2 Å². The lowest BCUT2D eigenvalue weighted by Gasteiger charge is -1.98. The van der Waals surface area contributed by atoms with Crippen molar-refractivity contribution in [3.05, 3.63) is 0 Å². The van der Waals surface area contributed by atoms with E-state index in [1.54, 1.807) is 0 Å². The molecule has 2 N–H and O–H groups in total. The summed E-state index contributed by atoms with van der Waals surface area (Å²) in [6.45, 7) is 3.24. The molecule has 0 saturated carbocycles. The predicted octanol–water partition coefficient (Wildman–Crippen LogP) is 2.37. The molecule has 0 aliphatic carbocycles. The molecule has 0 aromatic carbocycles. The van der Waals surface area contributed by atoms with E-state index < -0.39 is 5.97 Å². The van der Waals surface area contributed by atoms with Gasteiger partial charge >= 0.3 is 0 Å². The van der Waals surface area contributed by atoms with Crippen LogP contribution in [0.4, 0.5) is 0 Å². The maximum absolute atomic E-state index is 9.00. The molecule has 0 amide bonds. The quantitative estimate of drug-likeness (QED) is 0.586. The Labute approximate surface area is 81.9 Å². The zero-order valence-corrected chi connectivity index (χ0v) is 9.17. The molecule has 0 aliphatic rings. The lowest BCUT2D eigenvalue weighted by Crippen LogP contribution is -1.92. The molecule has 0 heterocycles. The summed E-state index contributed by atoms with van der Waals surface area (Å²) in [5.74, 6) is -0.833. The standard InChI is InChI=1S/C6H13BrO.C2H4O2/c1-2-3-4-5-6(7)8;1-2(3)4/h6,8H,2-5H2,1H3;1H3,(H,3,4). The second-order valence-corrected chi connectivity index (χ2v) is 3.51. The van der Waals surface area contributed by atoms with Gasteiger partial charge in [-0.1, -0.05) is 42.1 Å². The van der Waals surface area contributed by atoms with Gasteiger partial charge in [0.2, 0.25) is 0 Å². The molecule has 0 aromatic heterocycles. The summed E-state index contributed by atoms with van der Waals surface area (Å²) in [4.78, 5) is 9.00. The number of carboxylic acids is 1. The Bertz CT molecular complexity index is 100. The van der Waals surface area contributed by atoms with E-state index in [0.717, 1.165) is 19.8 Å². The van der Waals surface area contributed by atoms with Crippen LogP contribution in [0.1, 0.15) is 39.5 Å². The number of aliphatic hydroxyl groups is 1. The number of carboxylic acid groups (broad SMARTS) is 1. The molecule has 1 atom stereocenters. The Morgan fingerprint density at radius 3 is 2.17 bits per heavy atom. The molecule has 0 rings (SSSR count). The summed E-state index contributed by atoms with van der Waals surface area (Å²) < 4.78 is 0. The van der Waals surface area contributed by atoms with Gasteiger partial charge in [0.05, 0.1) is 0 Å². The third-order valence-electron chi connectivity index (χ3n) is 1.05. The van der Waals surface area contributed by atoms with E-state index in [2.05, 4.69) is 22.9 Å². The number of hydrogen-bond acceptors (Lipinski definition) is 2. The van der Waals surface area contributed by atoms with Crippen LogP contribution in [-0.2, 0) is 4.79 Å². The van der Waals surface area contributed by atoms with Crippen LogP contribution in [0.5, 0.6) is 0 Å². The Kier molecular flexibility index (Phi) is 13.1. The maximum atomic E-state index is 9.00. The summed E-state index contributed by atoms with van der Waals surface area (Å²) in [5, 5.41) is 15.8. The first-order valence-corrected chi connectivity index (χ1v) is 4.94. The van der Waals surface area contributed by atoms with Gasteiger partial charge in [-0.3, -0.25) is 4.79 Å². The first-order chi connectivity index (χ1) is 5.50. The summed E-state index contributed by atoms with van der Waals surface area (Å²) in [5.41, 5.74) is 0. The molecule has 12 heavy (non-hydrogen) atoms. The largest absolute Gasteiger partial charge is 0.481 e. The molecule has 0 aliphatic heterocycles. The monoisotopic (exact) mass is 240 g/mol. The molecule has 1 unspecified atom stereocenters. The van der Waals surface area contributed by atoms with Crippen molar-refractivity contribution in [2.75, 3.05) is 0 Å². The topological polar surface area (TPSA) is 57.5 Å².